The highest BCUT2D eigenvalue weighted by molar-refractivity contribution is 6.10. The number of benzene rings is 1. The van der Waals surface area contributed by atoms with E-state index in [9.17, 15) is 32.8 Å². The first kappa shape index (κ1) is 41.4. The summed E-state index contributed by atoms with van der Waals surface area (Å²) in [6, 6.07) is 6.57. The van der Waals surface area contributed by atoms with E-state index >= 15 is 0 Å². The van der Waals surface area contributed by atoms with Crippen LogP contribution in [-0.4, -0.2) is 123 Å². The Bertz CT molecular complexity index is 1600. The van der Waals surface area contributed by atoms with Gasteiger partial charge in [-0.1, -0.05) is 12.1 Å². The van der Waals surface area contributed by atoms with Gasteiger partial charge in [0.1, 0.15) is 11.6 Å². The van der Waals surface area contributed by atoms with Crippen molar-refractivity contribution in [3.8, 4) is 6.07 Å². The van der Waals surface area contributed by atoms with Gasteiger partial charge in [-0.05, 0) is 32.9 Å². The standard InChI is InChI=1S/C34H45F2N7O9/c1-33(2,3)52-32(48)40-12-14-50-16-18-51-17-15-49-13-11-38-27(44)7-8-28(45)42-26-6-4-5-24-25(9-10-39-30(24)26)31(47)41-21-29(46)43-22-34(35,36)19-23(43)20-37/h4-6,9-10,23H,7-8,11-19,21-22H2,1-3H3,(H,38,44)(H,40,48)(H,41,47)(H,42,45)/t23-/m0/s1. The number of nitriles is 1. The van der Waals surface area contributed by atoms with Gasteiger partial charge in [0.15, 0.2) is 0 Å². The second-order valence-electron chi connectivity index (χ2n) is 12.6. The molecule has 1 atom stereocenters. The number of halogens is 2. The predicted molar refractivity (Wildman–Crippen MR) is 182 cm³/mol. The SMILES string of the molecule is CC(C)(C)OC(=O)NCCOCCOCCOCCNC(=O)CCC(=O)Nc1cccc2c(C(=O)NCC(=O)N3CC(F)(F)C[C@H]3C#N)ccnc12. The Labute approximate surface area is 299 Å². The van der Waals surface area contributed by atoms with Crippen molar-refractivity contribution in [3.05, 3.63) is 36.0 Å². The Morgan fingerprint density at radius 2 is 1.56 bits per heavy atom. The second kappa shape index (κ2) is 20.2. The summed E-state index contributed by atoms with van der Waals surface area (Å²) in [6.07, 6.45) is -0.137. The molecule has 16 nitrogen and oxygen atoms in total. The molecule has 0 saturated carbocycles. The average Bonchev–Trinajstić information content (AvgIpc) is 3.41. The van der Waals surface area contributed by atoms with Crippen LogP contribution in [0.4, 0.5) is 19.3 Å². The maximum absolute atomic E-state index is 13.7. The van der Waals surface area contributed by atoms with E-state index in [1.807, 2.05) is 0 Å². The lowest BCUT2D eigenvalue weighted by molar-refractivity contribution is -0.131. The van der Waals surface area contributed by atoms with Crippen molar-refractivity contribution in [3.63, 3.8) is 0 Å². The van der Waals surface area contributed by atoms with Gasteiger partial charge in [-0.2, -0.15) is 5.26 Å². The van der Waals surface area contributed by atoms with E-state index in [0.29, 0.717) is 50.7 Å². The molecule has 1 aromatic carbocycles. The smallest absolute Gasteiger partial charge is 0.407 e. The molecular weight excluding hydrogens is 688 g/mol. The van der Waals surface area contributed by atoms with Crippen molar-refractivity contribution < 1.29 is 51.7 Å². The number of aromatic nitrogens is 1. The lowest BCUT2D eigenvalue weighted by atomic mass is 10.1. The molecule has 52 heavy (non-hydrogen) atoms. The molecule has 1 fully saturated rings. The topological polar surface area (TPSA) is 210 Å². The zero-order chi connectivity index (χ0) is 38.1. The predicted octanol–water partition coefficient (Wildman–Crippen LogP) is 2.13. The lowest BCUT2D eigenvalue weighted by Crippen LogP contribution is -2.43. The first-order valence-corrected chi connectivity index (χ1v) is 16.7. The van der Waals surface area contributed by atoms with Crippen molar-refractivity contribution in [2.45, 2.75) is 57.6 Å². The number of anilines is 1. The molecule has 5 amide bonds. The molecule has 18 heteroatoms. The quantitative estimate of drug-likeness (QED) is 0.154. The van der Waals surface area contributed by atoms with E-state index in [4.69, 9.17) is 24.2 Å². The Morgan fingerprint density at radius 3 is 2.21 bits per heavy atom. The molecule has 1 aliphatic heterocycles. The van der Waals surface area contributed by atoms with Crippen LogP contribution in [-0.2, 0) is 33.3 Å². The highest BCUT2D eigenvalue weighted by atomic mass is 19.3. The number of pyridine rings is 1. The summed E-state index contributed by atoms with van der Waals surface area (Å²) >= 11 is 0. The first-order valence-electron chi connectivity index (χ1n) is 16.7. The van der Waals surface area contributed by atoms with Gasteiger partial charge < -0.3 is 45.1 Å². The zero-order valence-electron chi connectivity index (χ0n) is 29.4. The van der Waals surface area contributed by atoms with Crippen LogP contribution in [0.2, 0.25) is 0 Å². The molecule has 1 aromatic heterocycles. The summed E-state index contributed by atoms with van der Waals surface area (Å²) in [5, 5.41) is 19.8. The molecule has 3 rings (SSSR count). The van der Waals surface area contributed by atoms with E-state index in [-0.39, 0.29) is 43.0 Å². The molecule has 2 aromatic rings. The Hall–Kier alpha value is -4.99. The molecular formula is C34H45F2N7O9. The molecule has 0 aliphatic carbocycles. The molecule has 0 spiro atoms. The monoisotopic (exact) mass is 733 g/mol. The number of nitrogens with one attached hydrogen (secondary N) is 4. The summed E-state index contributed by atoms with van der Waals surface area (Å²) in [7, 11) is 0. The number of para-hydroxylation sites is 1. The number of nitrogens with zero attached hydrogens (tertiary/aromatic N) is 3. The molecule has 1 saturated heterocycles. The summed E-state index contributed by atoms with van der Waals surface area (Å²) < 4.78 is 48.7. The largest absolute Gasteiger partial charge is 0.444 e. The number of likely N-dealkylation sites (tertiary alicyclic amines) is 1. The summed E-state index contributed by atoms with van der Waals surface area (Å²) in [5.41, 5.74) is 0.139. The minimum atomic E-state index is -3.18. The van der Waals surface area contributed by atoms with Gasteiger partial charge in [0, 0.05) is 43.9 Å². The molecule has 2 heterocycles. The van der Waals surface area contributed by atoms with E-state index in [1.165, 1.54) is 12.3 Å². The van der Waals surface area contributed by atoms with Crippen molar-refractivity contribution in [2.24, 2.45) is 0 Å². The van der Waals surface area contributed by atoms with E-state index in [0.717, 1.165) is 4.90 Å². The number of ether oxygens (including phenoxy) is 4. The van der Waals surface area contributed by atoms with Crippen LogP contribution in [0.25, 0.3) is 10.9 Å². The number of alkyl halides is 2. The Morgan fingerprint density at radius 1 is 0.923 bits per heavy atom. The van der Waals surface area contributed by atoms with Gasteiger partial charge in [0.05, 0.1) is 75.6 Å². The number of fused-ring (bicyclic) bond motifs is 1. The number of alkyl carbamates (subject to hydrolysis) is 1. The molecule has 0 bridgehead atoms. The minimum absolute atomic E-state index is 0.0856. The van der Waals surface area contributed by atoms with E-state index < -0.39 is 60.9 Å². The van der Waals surface area contributed by atoms with Crippen LogP contribution in [0.5, 0.6) is 0 Å². The number of hydrogen-bond acceptors (Lipinski definition) is 11. The van der Waals surface area contributed by atoms with Crippen molar-refractivity contribution >= 4 is 46.3 Å². The van der Waals surface area contributed by atoms with Crippen molar-refractivity contribution in [2.75, 3.05) is 71.1 Å². The van der Waals surface area contributed by atoms with Crippen LogP contribution in [0.3, 0.4) is 0 Å². The third kappa shape index (κ3) is 14.3. The normalized spacial score (nSPS) is 15.1. The van der Waals surface area contributed by atoms with Crippen LogP contribution in [0, 0.1) is 11.3 Å². The van der Waals surface area contributed by atoms with E-state index in [2.05, 4.69) is 26.3 Å². The Kier molecular flexibility index (Phi) is 16.1. The third-order valence-corrected chi connectivity index (χ3v) is 7.24. The molecule has 4 N–H and O–H groups in total. The van der Waals surface area contributed by atoms with Crippen LogP contribution >= 0.6 is 0 Å². The molecule has 1 aliphatic rings. The first-order chi connectivity index (χ1) is 24.7. The number of carbonyl (C=O) groups is 5. The number of amides is 5. The molecule has 284 valence electrons. The van der Waals surface area contributed by atoms with Crippen LogP contribution < -0.4 is 21.3 Å². The number of rotatable bonds is 19. The minimum Gasteiger partial charge on any atom is -0.444 e. The fraction of sp³-hybridized carbons (Fsp3) is 0.559. The van der Waals surface area contributed by atoms with Gasteiger partial charge in [0.2, 0.25) is 17.7 Å². The van der Waals surface area contributed by atoms with Gasteiger partial charge in [0.25, 0.3) is 11.8 Å². The highest BCUT2D eigenvalue weighted by Crippen LogP contribution is 2.31. The van der Waals surface area contributed by atoms with Crippen LogP contribution in [0.15, 0.2) is 30.5 Å². The third-order valence-electron chi connectivity index (χ3n) is 7.24. The fourth-order valence-electron chi connectivity index (χ4n) is 4.89. The van der Waals surface area contributed by atoms with Gasteiger partial charge in [-0.25, -0.2) is 13.6 Å². The van der Waals surface area contributed by atoms with Crippen molar-refractivity contribution in [1.82, 2.24) is 25.8 Å². The van der Waals surface area contributed by atoms with Gasteiger partial charge in [-0.15, -0.1) is 0 Å². The highest BCUT2D eigenvalue weighted by Gasteiger charge is 2.47. The molecule has 0 unspecified atom stereocenters. The lowest BCUT2D eigenvalue weighted by Gasteiger charge is -2.19. The van der Waals surface area contributed by atoms with Crippen molar-refractivity contribution in [1.29, 1.82) is 5.26 Å². The van der Waals surface area contributed by atoms with E-state index in [1.54, 1.807) is 45.0 Å². The Balaban J connectivity index is 1.29. The fourth-order valence-corrected chi connectivity index (χ4v) is 4.89. The average molecular weight is 734 g/mol. The number of hydrogen-bond donors (Lipinski definition) is 4. The van der Waals surface area contributed by atoms with Gasteiger partial charge >= 0.3 is 6.09 Å². The number of carbonyl (C=O) groups excluding carboxylic acids is 5. The van der Waals surface area contributed by atoms with Crippen LogP contribution in [0.1, 0.15) is 50.4 Å². The maximum Gasteiger partial charge on any atom is 0.407 e. The van der Waals surface area contributed by atoms with Gasteiger partial charge in [-0.3, -0.25) is 24.2 Å². The maximum atomic E-state index is 13.7. The molecule has 0 radical (unpaired) electrons. The summed E-state index contributed by atoms with van der Waals surface area (Å²) in [6.45, 7) is 6.29. The summed E-state index contributed by atoms with van der Waals surface area (Å²) in [5.74, 6) is -5.48. The second-order valence-corrected chi connectivity index (χ2v) is 12.6. The zero-order valence-corrected chi connectivity index (χ0v) is 29.4. The summed E-state index contributed by atoms with van der Waals surface area (Å²) in [4.78, 5) is 66.9.